The molecule has 3 heterocycles. The number of hydrogen-bond donors (Lipinski definition) is 2. The van der Waals surface area contributed by atoms with E-state index in [1.807, 2.05) is 30.0 Å². The molecule has 3 aliphatic rings. The Kier molecular flexibility index (Phi) is 5.41. The van der Waals surface area contributed by atoms with E-state index in [1.54, 1.807) is 10.6 Å². The molecular weight excluding hydrogens is 502 g/mol. The van der Waals surface area contributed by atoms with Crippen LogP contribution >= 0.6 is 0 Å². The molecule has 1 amide bonds. The summed E-state index contributed by atoms with van der Waals surface area (Å²) in [7, 11) is 0. The molecule has 2 fully saturated rings. The fraction of sp³-hybridized carbons (Fsp3) is 0.367. The Morgan fingerprint density at radius 3 is 2.64 bits per heavy atom. The molecule has 39 heavy (non-hydrogen) atoms. The van der Waals surface area contributed by atoms with Crippen molar-refractivity contribution in [2.24, 2.45) is 5.92 Å². The van der Waals surface area contributed by atoms with Gasteiger partial charge in [-0.3, -0.25) is 4.79 Å². The summed E-state index contributed by atoms with van der Waals surface area (Å²) in [6, 6.07) is 15.6. The van der Waals surface area contributed by atoms with Crippen LogP contribution < -0.4 is 0 Å². The van der Waals surface area contributed by atoms with E-state index in [2.05, 4.69) is 22.2 Å². The van der Waals surface area contributed by atoms with Gasteiger partial charge in [-0.2, -0.15) is 5.10 Å². The third-order valence-corrected chi connectivity index (χ3v) is 8.55. The highest BCUT2D eigenvalue weighted by molar-refractivity contribution is 5.93. The Morgan fingerprint density at radius 1 is 1.13 bits per heavy atom. The van der Waals surface area contributed by atoms with Crippen molar-refractivity contribution >= 4 is 11.6 Å². The molecule has 1 unspecified atom stereocenters. The Labute approximate surface area is 223 Å². The van der Waals surface area contributed by atoms with E-state index < -0.39 is 23.7 Å². The van der Waals surface area contributed by atoms with Gasteiger partial charge in [-0.1, -0.05) is 30.3 Å². The molecule has 0 spiro atoms. The maximum atomic E-state index is 15.2. The van der Waals surface area contributed by atoms with Gasteiger partial charge < -0.3 is 15.1 Å². The van der Waals surface area contributed by atoms with Crippen LogP contribution in [0, 0.1) is 11.7 Å². The highest BCUT2D eigenvalue weighted by Gasteiger charge is 2.60. The second kappa shape index (κ2) is 8.66. The summed E-state index contributed by atoms with van der Waals surface area (Å²) >= 11 is 0. The van der Waals surface area contributed by atoms with Crippen molar-refractivity contribution in [3.8, 4) is 11.3 Å². The molecule has 7 rings (SSSR count). The van der Waals surface area contributed by atoms with Crippen LogP contribution in [-0.4, -0.2) is 48.5 Å². The van der Waals surface area contributed by atoms with Crippen molar-refractivity contribution in [2.75, 3.05) is 6.54 Å². The van der Waals surface area contributed by atoms with Crippen LogP contribution in [0.15, 0.2) is 54.6 Å². The van der Waals surface area contributed by atoms with E-state index in [0.717, 1.165) is 36.6 Å². The van der Waals surface area contributed by atoms with Crippen LogP contribution in [0.2, 0.25) is 0 Å². The lowest BCUT2D eigenvalue weighted by Gasteiger charge is -2.35. The molecule has 3 atom stereocenters. The molecule has 200 valence electrons. The fourth-order valence-corrected chi connectivity index (χ4v) is 6.02. The number of halogens is 2. The number of hydrogen-bond acceptors (Lipinski definition) is 5. The second-order valence-corrected chi connectivity index (χ2v) is 11.0. The monoisotopic (exact) mass is 530 g/mol. The summed E-state index contributed by atoms with van der Waals surface area (Å²) in [5, 5.41) is 23.3. The minimum atomic E-state index is -1.95. The summed E-state index contributed by atoms with van der Waals surface area (Å²) in [5.41, 5.74) is 2.73. The Hall–Kier alpha value is -3.69. The SMILES string of the molecule is C[C@@H]1c2ccccc2CCN1C(=O)c1cc(C2CC2)n2nc(-c3ccc([C@]4(F)CC4C(O)O)cc3F)cc2n1. The van der Waals surface area contributed by atoms with Gasteiger partial charge in [0, 0.05) is 29.8 Å². The predicted molar refractivity (Wildman–Crippen MR) is 139 cm³/mol. The van der Waals surface area contributed by atoms with Gasteiger partial charge in [0.1, 0.15) is 17.2 Å². The second-order valence-electron chi connectivity index (χ2n) is 11.0. The molecule has 2 aliphatic carbocycles. The van der Waals surface area contributed by atoms with E-state index in [4.69, 9.17) is 0 Å². The molecule has 4 aromatic rings. The summed E-state index contributed by atoms with van der Waals surface area (Å²) < 4.78 is 31.9. The third kappa shape index (κ3) is 3.94. The first-order valence-corrected chi connectivity index (χ1v) is 13.4. The molecule has 2 saturated carbocycles. The minimum Gasteiger partial charge on any atom is -0.368 e. The molecule has 2 aromatic heterocycles. The number of alkyl halides is 1. The van der Waals surface area contributed by atoms with Crippen LogP contribution in [0.25, 0.3) is 16.9 Å². The number of nitrogens with zero attached hydrogens (tertiary/aromatic N) is 4. The average Bonchev–Trinajstić information content (AvgIpc) is 3.84. The van der Waals surface area contributed by atoms with Gasteiger partial charge in [0.15, 0.2) is 11.9 Å². The van der Waals surface area contributed by atoms with Crippen molar-refractivity contribution in [1.29, 1.82) is 0 Å². The molecule has 7 nitrogen and oxygen atoms in total. The van der Waals surface area contributed by atoms with Gasteiger partial charge >= 0.3 is 0 Å². The van der Waals surface area contributed by atoms with E-state index in [1.165, 1.54) is 17.7 Å². The fourth-order valence-electron chi connectivity index (χ4n) is 6.02. The van der Waals surface area contributed by atoms with Gasteiger partial charge in [0.05, 0.1) is 17.7 Å². The molecule has 1 aliphatic heterocycles. The topological polar surface area (TPSA) is 91.0 Å². The largest absolute Gasteiger partial charge is 0.368 e. The van der Waals surface area contributed by atoms with Crippen LogP contribution in [0.3, 0.4) is 0 Å². The number of aromatic nitrogens is 3. The first-order chi connectivity index (χ1) is 18.7. The highest BCUT2D eigenvalue weighted by Crippen LogP contribution is 2.57. The Morgan fingerprint density at radius 2 is 1.92 bits per heavy atom. The van der Waals surface area contributed by atoms with E-state index in [9.17, 15) is 15.0 Å². The molecule has 2 aromatic carbocycles. The summed E-state index contributed by atoms with van der Waals surface area (Å²) in [6.45, 7) is 2.64. The molecule has 0 bridgehead atoms. The lowest BCUT2D eigenvalue weighted by atomic mass is 9.93. The minimum absolute atomic E-state index is 0.0650. The van der Waals surface area contributed by atoms with Crippen LogP contribution in [0.5, 0.6) is 0 Å². The maximum Gasteiger partial charge on any atom is 0.273 e. The van der Waals surface area contributed by atoms with Crippen LogP contribution in [0.4, 0.5) is 8.78 Å². The number of rotatable bonds is 5. The zero-order valence-corrected chi connectivity index (χ0v) is 21.4. The van der Waals surface area contributed by atoms with Gasteiger partial charge in [-0.05, 0) is 67.5 Å². The first-order valence-electron chi connectivity index (χ1n) is 13.4. The van der Waals surface area contributed by atoms with Crippen LogP contribution in [0.1, 0.15) is 71.0 Å². The number of fused-ring (bicyclic) bond motifs is 2. The standard InChI is InChI=1S/C30H28F2N4O3/c1-16-20-5-3-2-4-17(20)10-11-35(16)28(37)25-13-26(18-6-7-18)36-27(33-25)14-24(34-36)21-9-8-19(12-23(21)31)30(32)15-22(30)29(38)39/h2-5,8-9,12-14,16,18,22,29,38-39H,6-7,10-11,15H2,1H3/t16-,22?,30-/m1/s1. The lowest BCUT2D eigenvalue weighted by Crippen LogP contribution is -2.39. The zero-order valence-electron chi connectivity index (χ0n) is 21.4. The Balaban J connectivity index is 1.23. The van der Waals surface area contributed by atoms with Crippen molar-refractivity contribution in [3.63, 3.8) is 0 Å². The number of aliphatic hydroxyl groups is 2. The number of amides is 1. The van der Waals surface area contributed by atoms with Gasteiger partial charge in [0.2, 0.25) is 0 Å². The van der Waals surface area contributed by atoms with Crippen molar-refractivity contribution < 1.29 is 23.8 Å². The number of carbonyl (C=O) groups is 1. The van der Waals surface area contributed by atoms with E-state index >= 15 is 8.78 Å². The van der Waals surface area contributed by atoms with Crippen molar-refractivity contribution in [1.82, 2.24) is 19.5 Å². The van der Waals surface area contributed by atoms with E-state index in [0.29, 0.717) is 23.6 Å². The third-order valence-electron chi connectivity index (χ3n) is 8.55. The van der Waals surface area contributed by atoms with Gasteiger partial charge in [-0.15, -0.1) is 0 Å². The normalized spacial score (nSPS) is 24.3. The van der Waals surface area contributed by atoms with Gasteiger partial charge in [-0.25, -0.2) is 18.3 Å². The smallest absolute Gasteiger partial charge is 0.273 e. The summed E-state index contributed by atoms with van der Waals surface area (Å²) in [4.78, 5) is 20.2. The molecular formula is C30H28F2N4O3. The average molecular weight is 531 g/mol. The molecule has 0 radical (unpaired) electrons. The first kappa shape index (κ1) is 24.4. The quantitative estimate of drug-likeness (QED) is 0.366. The lowest BCUT2D eigenvalue weighted by molar-refractivity contribution is -0.0690. The molecule has 0 saturated heterocycles. The van der Waals surface area contributed by atoms with Crippen LogP contribution in [-0.2, 0) is 12.1 Å². The number of carbonyl (C=O) groups excluding carboxylic acids is 1. The summed E-state index contributed by atoms with van der Waals surface area (Å²) in [5.74, 6) is -1.51. The zero-order chi connectivity index (χ0) is 27.1. The number of benzene rings is 2. The highest BCUT2D eigenvalue weighted by atomic mass is 19.1. The molecule has 2 N–H and O–H groups in total. The predicted octanol–water partition coefficient (Wildman–Crippen LogP) is 4.67. The Bertz CT molecular complexity index is 1630. The number of aliphatic hydroxyl groups excluding tert-OH is 1. The van der Waals surface area contributed by atoms with Gasteiger partial charge in [0.25, 0.3) is 5.91 Å². The van der Waals surface area contributed by atoms with Crippen molar-refractivity contribution in [2.45, 2.75) is 56.5 Å². The maximum absolute atomic E-state index is 15.2. The van der Waals surface area contributed by atoms with E-state index in [-0.39, 0.29) is 35.4 Å². The van der Waals surface area contributed by atoms with Crippen molar-refractivity contribution in [3.05, 3.63) is 88.5 Å². The summed E-state index contributed by atoms with van der Waals surface area (Å²) in [6.07, 6.45) is 0.894. The molecule has 9 heteroatoms.